The molecule has 0 bridgehead atoms. The molecule has 0 aliphatic heterocycles. The minimum absolute atomic E-state index is 0.0784. The molecule has 0 aliphatic carbocycles. The normalized spacial score (nSPS) is 10.8. The van der Waals surface area contributed by atoms with Gasteiger partial charge in [0.2, 0.25) is 0 Å². The van der Waals surface area contributed by atoms with Crippen LogP contribution in [0.4, 0.5) is 17.1 Å². The van der Waals surface area contributed by atoms with Crippen LogP contribution >= 0.6 is 0 Å². The van der Waals surface area contributed by atoms with Gasteiger partial charge in [-0.2, -0.15) is 0 Å². The number of amides is 1. The summed E-state index contributed by atoms with van der Waals surface area (Å²) in [5.41, 5.74) is -0.0976. The molecule has 0 unspecified atom stereocenters. The molecule has 0 fully saturated rings. The fourth-order valence-corrected chi connectivity index (χ4v) is 4.66. The third kappa shape index (κ3) is 8.32. The van der Waals surface area contributed by atoms with Crippen molar-refractivity contribution in [2.45, 2.75) is 18.7 Å². The number of sulfonamides is 1. The second kappa shape index (κ2) is 14.0. The zero-order chi connectivity index (χ0) is 30.0. The Kier molecular flexibility index (Phi) is 10.5. The van der Waals surface area contributed by atoms with Crippen molar-refractivity contribution in [3.8, 4) is 17.2 Å². The van der Waals surface area contributed by atoms with Gasteiger partial charge in [-0.25, -0.2) is 13.2 Å². The lowest BCUT2D eigenvalue weighted by molar-refractivity contribution is -0.384. The number of nitro groups is 1. The molecule has 0 aliphatic rings. The van der Waals surface area contributed by atoms with Crippen molar-refractivity contribution in [2.24, 2.45) is 0 Å². The Labute approximate surface area is 236 Å². The van der Waals surface area contributed by atoms with Crippen LogP contribution in [0.25, 0.3) is 0 Å². The van der Waals surface area contributed by atoms with E-state index in [0.29, 0.717) is 24.7 Å². The average Bonchev–Trinajstić information content (AvgIpc) is 2.96. The Morgan fingerprint density at radius 1 is 0.854 bits per heavy atom. The molecule has 0 heterocycles. The summed E-state index contributed by atoms with van der Waals surface area (Å²) in [6, 6.07) is 16.0. The van der Waals surface area contributed by atoms with Crippen molar-refractivity contribution in [3.05, 3.63) is 76.8 Å². The van der Waals surface area contributed by atoms with Crippen molar-refractivity contribution in [2.75, 3.05) is 43.1 Å². The van der Waals surface area contributed by atoms with Gasteiger partial charge in [-0.3, -0.25) is 19.2 Å². The number of ether oxygens (including phenoxy) is 4. The highest BCUT2D eigenvalue weighted by molar-refractivity contribution is 7.92. The van der Waals surface area contributed by atoms with E-state index >= 15 is 0 Å². The predicted octanol–water partition coefficient (Wildman–Crippen LogP) is 3.78. The average molecular weight is 588 g/mol. The molecular weight excluding hydrogens is 558 g/mol. The van der Waals surface area contributed by atoms with E-state index in [1.807, 2.05) is 6.92 Å². The molecule has 218 valence electrons. The second-order valence-corrected chi connectivity index (χ2v) is 10.2. The Hall–Kier alpha value is -4.85. The molecule has 0 atom stereocenters. The van der Waals surface area contributed by atoms with Gasteiger partial charge in [0, 0.05) is 7.05 Å². The highest BCUT2D eigenvalue weighted by Gasteiger charge is 2.22. The first-order valence-electron chi connectivity index (χ1n) is 12.4. The molecule has 3 aromatic carbocycles. The Morgan fingerprint density at radius 2 is 1.41 bits per heavy atom. The summed E-state index contributed by atoms with van der Waals surface area (Å²) in [4.78, 5) is 34.9. The summed E-state index contributed by atoms with van der Waals surface area (Å²) in [5, 5.41) is 13.6. The van der Waals surface area contributed by atoms with Crippen LogP contribution in [-0.2, 0) is 24.3 Å². The maximum absolute atomic E-state index is 13.0. The van der Waals surface area contributed by atoms with Gasteiger partial charge in [0.1, 0.15) is 22.9 Å². The van der Waals surface area contributed by atoms with E-state index in [4.69, 9.17) is 18.9 Å². The number of hydrogen-bond acceptors (Lipinski definition) is 10. The number of nitrogens with one attached hydrogen (secondary N) is 1. The number of rotatable bonds is 14. The second-order valence-electron chi connectivity index (χ2n) is 8.24. The minimum Gasteiger partial charge on any atom is -0.494 e. The predicted molar refractivity (Wildman–Crippen MR) is 149 cm³/mol. The summed E-state index contributed by atoms with van der Waals surface area (Å²) in [5.74, 6) is -0.555. The van der Waals surface area contributed by atoms with Crippen molar-refractivity contribution >= 4 is 39.0 Å². The summed E-state index contributed by atoms with van der Waals surface area (Å²) >= 11 is 0. The molecule has 13 nitrogen and oxygen atoms in total. The van der Waals surface area contributed by atoms with Gasteiger partial charge in [0.25, 0.3) is 21.6 Å². The van der Waals surface area contributed by atoms with E-state index in [1.54, 1.807) is 19.1 Å². The van der Waals surface area contributed by atoms with Crippen LogP contribution in [0, 0.1) is 10.1 Å². The third-order valence-electron chi connectivity index (χ3n) is 5.47. The van der Waals surface area contributed by atoms with Gasteiger partial charge in [0.15, 0.2) is 13.2 Å². The monoisotopic (exact) mass is 587 g/mol. The van der Waals surface area contributed by atoms with Crippen molar-refractivity contribution in [3.63, 3.8) is 0 Å². The highest BCUT2D eigenvalue weighted by atomic mass is 32.2. The first kappa shape index (κ1) is 30.7. The van der Waals surface area contributed by atoms with E-state index in [9.17, 15) is 28.1 Å². The number of esters is 1. The lowest BCUT2D eigenvalue weighted by atomic mass is 10.2. The maximum atomic E-state index is 13.0. The van der Waals surface area contributed by atoms with Crippen molar-refractivity contribution in [1.29, 1.82) is 0 Å². The lowest BCUT2D eigenvalue weighted by Gasteiger charge is -2.20. The highest BCUT2D eigenvalue weighted by Crippen LogP contribution is 2.29. The molecule has 1 amide bonds. The largest absolute Gasteiger partial charge is 0.494 e. The number of benzene rings is 3. The Balaban J connectivity index is 1.50. The van der Waals surface area contributed by atoms with Gasteiger partial charge in [-0.1, -0.05) is 0 Å². The molecule has 14 heteroatoms. The third-order valence-corrected chi connectivity index (χ3v) is 7.27. The van der Waals surface area contributed by atoms with E-state index in [0.717, 1.165) is 4.31 Å². The Morgan fingerprint density at radius 3 is 2.02 bits per heavy atom. The lowest BCUT2D eigenvalue weighted by Crippen LogP contribution is -2.26. The van der Waals surface area contributed by atoms with Crippen LogP contribution in [0.3, 0.4) is 0 Å². The molecule has 41 heavy (non-hydrogen) atoms. The van der Waals surface area contributed by atoms with Gasteiger partial charge in [-0.05, 0) is 74.5 Å². The minimum atomic E-state index is -3.83. The number of nitro benzene ring substituents is 1. The van der Waals surface area contributed by atoms with Gasteiger partial charge in [-0.15, -0.1) is 0 Å². The maximum Gasteiger partial charge on any atom is 0.344 e. The smallest absolute Gasteiger partial charge is 0.344 e. The van der Waals surface area contributed by atoms with E-state index < -0.39 is 40.0 Å². The van der Waals surface area contributed by atoms with Crippen LogP contribution in [0.1, 0.15) is 13.8 Å². The van der Waals surface area contributed by atoms with E-state index in [1.165, 1.54) is 61.6 Å². The first-order chi connectivity index (χ1) is 19.5. The van der Waals surface area contributed by atoms with Crippen LogP contribution in [0.5, 0.6) is 17.2 Å². The van der Waals surface area contributed by atoms with Crippen LogP contribution in [0.15, 0.2) is 71.6 Å². The summed E-state index contributed by atoms with van der Waals surface area (Å²) in [6.07, 6.45) is 0. The molecule has 1 N–H and O–H groups in total. The topological polar surface area (TPSA) is 164 Å². The number of carbonyl (C=O) groups excluding carboxylic acids is 2. The molecule has 0 saturated carbocycles. The van der Waals surface area contributed by atoms with Gasteiger partial charge < -0.3 is 24.3 Å². The first-order valence-corrected chi connectivity index (χ1v) is 13.8. The van der Waals surface area contributed by atoms with Gasteiger partial charge >= 0.3 is 5.97 Å². The summed E-state index contributed by atoms with van der Waals surface area (Å²) in [7, 11) is -2.42. The van der Waals surface area contributed by atoms with Crippen LogP contribution in [0.2, 0.25) is 0 Å². The fraction of sp³-hybridized carbons (Fsp3) is 0.259. The van der Waals surface area contributed by atoms with Crippen LogP contribution in [-0.4, -0.2) is 58.7 Å². The standard InChI is InChI=1S/C27H29N3O10S/c1-4-37-20-10-13-23(14-11-20)41(35,36)29(3)19-6-8-21(9-7-19)39-18-27(32)40-17-26(31)28-24-15-12-22(38-5-2)16-25(24)30(33)34/h6-16H,4-5,17-18H2,1-3H3,(H,28,31). The molecule has 0 saturated heterocycles. The molecule has 0 aromatic heterocycles. The van der Waals surface area contributed by atoms with Crippen molar-refractivity contribution in [1.82, 2.24) is 0 Å². The number of hydrogen-bond donors (Lipinski definition) is 1. The summed E-state index contributed by atoms with van der Waals surface area (Å²) in [6.45, 7) is 3.11. The number of nitrogens with zero attached hydrogens (tertiary/aromatic N) is 2. The van der Waals surface area contributed by atoms with Gasteiger partial charge in [0.05, 0.1) is 34.8 Å². The fourth-order valence-electron chi connectivity index (χ4n) is 3.46. The molecule has 3 rings (SSSR count). The van der Waals surface area contributed by atoms with Crippen LogP contribution < -0.4 is 23.8 Å². The number of anilines is 2. The molecule has 0 radical (unpaired) electrons. The van der Waals surface area contributed by atoms with Crippen molar-refractivity contribution < 1.29 is 41.9 Å². The zero-order valence-corrected chi connectivity index (χ0v) is 23.4. The quantitative estimate of drug-likeness (QED) is 0.167. The SMILES string of the molecule is CCOc1ccc(S(=O)(=O)N(C)c2ccc(OCC(=O)OCC(=O)Nc3ccc(OCC)cc3[N+](=O)[O-])cc2)cc1. The molecule has 3 aromatic rings. The zero-order valence-electron chi connectivity index (χ0n) is 22.6. The Bertz CT molecular complexity index is 1480. The molecular formula is C27H29N3O10S. The van der Waals surface area contributed by atoms with E-state index in [-0.39, 0.29) is 27.8 Å². The summed E-state index contributed by atoms with van der Waals surface area (Å²) < 4.78 is 47.8. The molecule has 0 spiro atoms. The van der Waals surface area contributed by atoms with E-state index in [2.05, 4.69) is 5.32 Å². The number of carbonyl (C=O) groups is 2.